The lowest BCUT2D eigenvalue weighted by molar-refractivity contribution is -0.122. The highest BCUT2D eigenvalue weighted by Crippen LogP contribution is 2.46. The number of amides is 2. The number of hydrogen-bond acceptors (Lipinski definition) is 2. The lowest BCUT2D eigenvalue weighted by Crippen LogP contribution is -2.31. The van der Waals surface area contributed by atoms with Crippen LogP contribution in [0.4, 0.5) is 5.69 Å². The average Bonchev–Trinajstić information content (AvgIpc) is 2.87. The summed E-state index contributed by atoms with van der Waals surface area (Å²) in [5.41, 5.74) is 4.17. The van der Waals surface area contributed by atoms with Crippen molar-refractivity contribution in [3.63, 3.8) is 0 Å². The fourth-order valence-electron chi connectivity index (χ4n) is 4.50. The molecule has 0 aromatic heterocycles. The highest BCUT2D eigenvalue weighted by Gasteiger charge is 2.50. The van der Waals surface area contributed by atoms with Crippen LogP contribution in [0.2, 0.25) is 0 Å². The van der Waals surface area contributed by atoms with E-state index in [1.54, 1.807) is 0 Å². The Hall–Kier alpha value is -2.42. The molecule has 2 aliphatic rings. The van der Waals surface area contributed by atoms with E-state index in [4.69, 9.17) is 0 Å². The largest absolute Gasteiger partial charge is 0.274 e. The van der Waals surface area contributed by atoms with Gasteiger partial charge in [0.05, 0.1) is 17.5 Å². The van der Waals surface area contributed by atoms with Crippen LogP contribution in [0.1, 0.15) is 41.9 Å². The molecule has 3 heteroatoms. The number of carbonyl (C=O) groups excluding carboxylic acids is 2. The fraction of sp³-hybridized carbons (Fsp3) is 0.364. The van der Waals surface area contributed by atoms with Gasteiger partial charge in [-0.25, -0.2) is 4.90 Å². The van der Waals surface area contributed by atoms with E-state index in [0.717, 1.165) is 36.1 Å². The first-order valence-electron chi connectivity index (χ1n) is 9.06. The Kier molecular flexibility index (Phi) is 3.95. The molecule has 1 aliphatic heterocycles. The molecule has 25 heavy (non-hydrogen) atoms. The van der Waals surface area contributed by atoms with Gasteiger partial charge in [0.15, 0.2) is 0 Å². The Morgan fingerprint density at radius 3 is 2.32 bits per heavy atom. The summed E-state index contributed by atoms with van der Waals surface area (Å²) in [6.45, 7) is 3.99. The number of carbonyl (C=O) groups is 2. The van der Waals surface area contributed by atoms with Crippen LogP contribution in [0.15, 0.2) is 48.5 Å². The van der Waals surface area contributed by atoms with Gasteiger partial charge < -0.3 is 0 Å². The van der Waals surface area contributed by atoms with Crippen molar-refractivity contribution in [3.05, 3.63) is 65.2 Å². The zero-order chi connectivity index (χ0) is 17.6. The predicted molar refractivity (Wildman–Crippen MR) is 98.4 cm³/mol. The van der Waals surface area contributed by atoms with E-state index in [2.05, 4.69) is 12.1 Å². The third kappa shape index (κ3) is 2.68. The molecule has 2 fully saturated rings. The maximum absolute atomic E-state index is 13.1. The Labute approximate surface area is 148 Å². The van der Waals surface area contributed by atoms with Crippen molar-refractivity contribution in [1.82, 2.24) is 0 Å². The number of anilines is 1. The molecule has 1 aliphatic carbocycles. The molecule has 1 saturated heterocycles. The third-order valence-electron chi connectivity index (χ3n) is 5.79. The fourth-order valence-corrected chi connectivity index (χ4v) is 4.50. The Morgan fingerprint density at radius 2 is 1.60 bits per heavy atom. The number of benzene rings is 2. The van der Waals surface area contributed by atoms with Crippen LogP contribution < -0.4 is 4.90 Å². The van der Waals surface area contributed by atoms with Crippen LogP contribution in [0, 0.1) is 25.7 Å². The summed E-state index contributed by atoms with van der Waals surface area (Å²) in [6, 6.07) is 16.3. The molecule has 0 unspecified atom stereocenters. The molecule has 0 bridgehead atoms. The molecular formula is C22H23NO2. The molecular weight excluding hydrogens is 310 g/mol. The summed E-state index contributed by atoms with van der Waals surface area (Å²) in [4.78, 5) is 27.5. The lowest BCUT2D eigenvalue weighted by Gasteiger charge is -2.28. The zero-order valence-electron chi connectivity index (χ0n) is 14.7. The van der Waals surface area contributed by atoms with E-state index in [1.807, 2.05) is 50.2 Å². The van der Waals surface area contributed by atoms with E-state index >= 15 is 0 Å². The molecule has 3 nitrogen and oxygen atoms in total. The highest BCUT2D eigenvalue weighted by atomic mass is 16.2. The standard InChI is InChI=1S/C22H23NO2/c1-14-8-11-20(15(2)12-14)23-21(24)18-10-9-17(13-19(18)22(23)25)16-6-4-3-5-7-16/h3-8,11-12,17-19H,9-10,13H2,1-2H3/t17-,18-,19-/m1/s1. The first-order valence-corrected chi connectivity index (χ1v) is 9.06. The second kappa shape index (κ2) is 6.14. The first-order chi connectivity index (χ1) is 12.1. The van der Waals surface area contributed by atoms with Crippen LogP contribution in [-0.2, 0) is 9.59 Å². The van der Waals surface area contributed by atoms with Crippen molar-refractivity contribution in [2.45, 2.75) is 39.0 Å². The number of fused-ring (bicyclic) bond motifs is 1. The molecule has 1 heterocycles. The number of imide groups is 1. The molecule has 3 atom stereocenters. The van der Waals surface area contributed by atoms with Crippen LogP contribution in [0.3, 0.4) is 0 Å². The molecule has 2 amide bonds. The van der Waals surface area contributed by atoms with E-state index < -0.39 is 0 Å². The molecule has 0 spiro atoms. The summed E-state index contributed by atoms with van der Waals surface area (Å²) in [5.74, 6) is 0.0367. The van der Waals surface area contributed by atoms with E-state index in [1.165, 1.54) is 10.5 Å². The minimum atomic E-state index is -0.174. The van der Waals surface area contributed by atoms with Crippen molar-refractivity contribution in [2.24, 2.45) is 11.8 Å². The third-order valence-corrected chi connectivity index (χ3v) is 5.79. The Bertz CT molecular complexity index is 827. The molecule has 0 N–H and O–H groups in total. The van der Waals surface area contributed by atoms with Crippen LogP contribution in [0.5, 0.6) is 0 Å². The number of hydrogen-bond donors (Lipinski definition) is 0. The van der Waals surface area contributed by atoms with Gasteiger partial charge in [-0.05, 0) is 56.2 Å². The smallest absolute Gasteiger partial charge is 0.237 e. The van der Waals surface area contributed by atoms with E-state index in [9.17, 15) is 9.59 Å². The Balaban J connectivity index is 1.63. The first kappa shape index (κ1) is 16.1. The predicted octanol–water partition coefficient (Wildman–Crippen LogP) is 4.38. The van der Waals surface area contributed by atoms with Crippen LogP contribution in [0.25, 0.3) is 0 Å². The maximum Gasteiger partial charge on any atom is 0.237 e. The van der Waals surface area contributed by atoms with E-state index in [-0.39, 0.29) is 23.7 Å². The zero-order valence-corrected chi connectivity index (χ0v) is 14.7. The minimum absolute atomic E-state index is 0.00605. The van der Waals surface area contributed by atoms with Gasteiger partial charge in [-0.2, -0.15) is 0 Å². The van der Waals surface area contributed by atoms with Crippen LogP contribution >= 0.6 is 0 Å². The Morgan fingerprint density at radius 1 is 0.880 bits per heavy atom. The number of rotatable bonds is 2. The van der Waals surface area contributed by atoms with Gasteiger partial charge in [-0.1, -0.05) is 48.0 Å². The highest BCUT2D eigenvalue weighted by molar-refractivity contribution is 6.22. The van der Waals surface area contributed by atoms with Gasteiger partial charge >= 0.3 is 0 Å². The van der Waals surface area contributed by atoms with Crippen LogP contribution in [-0.4, -0.2) is 11.8 Å². The summed E-state index contributed by atoms with van der Waals surface area (Å²) in [7, 11) is 0. The van der Waals surface area contributed by atoms with Crippen molar-refractivity contribution in [1.29, 1.82) is 0 Å². The summed E-state index contributed by atoms with van der Waals surface area (Å²) in [5, 5.41) is 0. The van der Waals surface area contributed by atoms with E-state index in [0.29, 0.717) is 5.92 Å². The quantitative estimate of drug-likeness (QED) is 0.765. The van der Waals surface area contributed by atoms with Crippen molar-refractivity contribution >= 4 is 17.5 Å². The molecule has 1 saturated carbocycles. The monoisotopic (exact) mass is 333 g/mol. The number of nitrogens with zero attached hydrogens (tertiary/aromatic N) is 1. The molecule has 2 aromatic carbocycles. The molecule has 2 aromatic rings. The van der Waals surface area contributed by atoms with Gasteiger partial charge in [0.25, 0.3) is 0 Å². The van der Waals surface area contributed by atoms with Crippen molar-refractivity contribution in [3.8, 4) is 0 Å². The lowest BCUT2D eigenvalue weighted by atomic mass is 9.73. The minimum Gasteiger partial charge on any atom is -0.274 e. The summed E-state index contributed by atoms with van der Waals surface area (Å²) >= 11 is 0. The van der Waals surface area contributed by atoms with Crippen molar-refractivity contribution < 1.29 is 9.59 Å². The molecule has 0 radical (unpaired) electrons. The van der Waals surface area contributed by atoms with Gasteiger partial charge in [0.2, 0.25) is 11.8 Å². The topological polar surface area (TPSA) is 37.4 Å². The average molecular weight is 333 g/mol. The van der Waals surface area contributed by atoms with Crippen molar-refractivity contribution in [2.75, 3.05) is 4.90 Å². The van der Waals surface area contributed by atoms with Gasteiger partial charge in [0, 0.05) is 0 Å². The molecule has 4 rings (SSSR count). The second-order valence-corrected chi connectivity index (χ2v) is 7.44. The second-order valence-electron chi connectivity index (χ2n) is 7.44. The number of aryl methyl sites for hydroxylation is 2. The van der Waals surface area contributed by atoms with Gasteiger partial charge in [0.1, 0.15) is 0 Å². The SMILES string of the molecule is Cc1ccc(N2C(=O)[C@@H]3CC[C@@H](c4ccccc4)C[C@H]3C2=O)c(C)c1. The van der Waals surface area contributed by atoms with Gasteiger partial charge in [-0.15, -0.1) is 0 Å². The van der Waals surface area contributed by atoms with Gasteiger partial charge in [-0.3, -0.25) is 9.59 Å². The summed E-state index contributed by atoms with van der Waals surface area (Å²) < 4.78 is 0. The maximum atomic E-state index is 13.1. The summed E-state index contributed by atoms with van der Waals surface area (Å²) in [6.07, 6.45) is 2.56. The molecule has 128 valence electrons. The normalized spacial score (nSPS) is 26.0.